The summed E-state index contributed by atoms with van der Waals surface area (Å²) >= 11 is 0. The van der Waals surface area contributed by atoms with Crippen LogP contribution < -0.4 is 16.4 Å². The third-order valence-corrected chi connectivity index (χ3v) is 5.59. The van der Waals surface area contributed by atoms with Gasteiger partial charge >= 0.3 is 0 Å². The zero-order chi connectivity index (χ0) is 20.8. The Morgan fingerprint density at radius 1 is 1.29 bits per heavy atom. The average molecular weight is 395 g/mol. The molecule has 1 amide bonds. The predicted octanol–water partition coefficient (Wildman–Crippen LogP) is 1.16. The number of amides is 1. The molecule has 1 aliphatic carbocycles. The second-order valence-corrected chi connectivity index (χ2v) is 8.71. The summed E-state index contributed by atoms with van der Waals surface area (Å²) in [5.41, 5.74) is 6.44. The number of nitrogens with two attached hydrogens (primary N) is 1. The maximum absolute atomic E-state index is 12.8. The molecule has 1 heterocycles. The highest BCUT2D eigenvalue weighted by atomic mass is 16.5. The Labute approximate surface area is 169 Å². The zero-order valence-electron chi connectivity index (χ0n) is 17.8. The summed E-state index contributed by atoms with van der Waals surface area (Å²) < 4.78 is 5.68. The molecular weight excluding hydrogens is 356 g/mol. The molecule has 0 spiro atoms. The SMILES string of the molecule is COC1CN(C(=N)C(CC(C)=N)C(=O)NC(N)C2CC2)CCC1NCC(C)C. The van der Waals surface area contributed by atoms with E-state index < -0.39 is 5.92 Å². The van der Waals surface area contributed by atoms with Crippen LogP contribution in [0.3, 0.4) is 0 Å². The quantitative estimate of drug-likeness (QED) is 0.216. The van der Waals surface area contributed by atoms with Crippen LogP contribution in [0.15, 0.2) is 0 Å². The van der Waals surface area contributed by atoms with Crippen LogP contribution >= 0.6 is 0 Å². The van der Waals surface area contributed by atoms with E-state index in [-0.39, 0.29) is 36.5 Å². The first-order valence-electron chi connectivity index (χ1n) is 10.4. The fraction of sp³-hybridized carbons (Fsp3) is 0.850. The molecule has 28 heavy (non-hydrogen) atoms. The molecule has 2 fully saturated rings. The number of hydrogen-bond acceptors (Lipinski definition) is 6. The summed E-state index contributed by atoms with van der Waals surface area (Å²) in [6.45, 7) is 8.22. The molecule has 4 unspecified atom stereocenters. The predicted molar refractivity (Wildman–Crippen MR) is 112 cm³/mol. The Balaban J connectivity index is 2.00. The molecule has 1 saturated heterocycles. The number of nitrogens with zero attached hydrogens (tertiary/aromatic N) is 1. The molecule has 6 N–H and O–H groups in total. The van der Waals surface area contributed by atoms with E-state index in [2.05, 4.69) is 24.5 Å². The van der Waals surface area contributed by atoms with Crippen LogP contribution in [0.4, 0.5) is 0 Å². The smallest absolute Gasteiger partial charge is 0.232 e. The van der Waals surface area contributed by atoms with Crippen LogP contribution in [0.25, 0.3) is 0 Å². The first kappa shape index (κ1) is 22.8. The van der Waals surface area contributed by atoms with Gasteiger partial charge in [-0.25, -0.2) is 0 Å². The van der Waals surface area contributed by atoms with E-state index in [1.165, 1.54) is 0 Å². The van der Waals surface area contributed by atoms with Gasteiger partial charge in [-0.15, -0.1) is 0 Å². The van der Waals surface area contributed by atoms with Crippen molar-refractivity contribution in [1.82, 2.24) is 15.5 Å². The minimum atomic E-state index is -0.681. The van der Waals surface area contributed by atoms with Gasteiger partial charge in [0, 0.05) is 38.4 Å². The summed E-state index contributed by atoms with van der Waals surface area (Å²) in [4.78, 5) is 14.7. The van der Waals surface area contributed by atoms with Crippen LogP contribution in [-0.2, 0) is 9.53 Å². The van der Waals surface area contributed by atoms with Gasteiger partial charge < -0.3 is 31.4 Å². The molecule has 0 radical (unpaired) electrons. The van der Waals surface area contributed by atoms with Gasteiger partial charge in [-0.2, -0.15) is 0 Å². The van der Waals surface area contributed by atoms with Gasteiger partial charge in [-0.1, -0.05) is 13.8 Å². The van der Waals surface area contributed by atoms with Crippen molar-refractivity contribution in [3.05, 3.63) is 0 Å². The summed E-state index contributed by atoms with van der Waals surface area (Å²) in [7, 11) is 1.70. The zero-order valence-corrected chi connectivity index (χ0v) is 17.8. The number of piperidine rings is 1. The number of amidine groups is 1. The normalized spacial score (nSPS) is 24.7. The van der Waals surface area contributed by atoms with Crippen molar-refractivity contribution >= 4 is 17.5 Å². The molecule has 8 heteroatoms. The third-order valence-electron chi connectivity index (χ3n) is 5.59. The summed E-state index contributed by atoms with van der Waals surface area (Å²) in [5, 5.41) is 23.0. The van der Waals surface area contributed by atoms with Crippen molar-refractivity contribution in [2.75, 3.05) is 26.7 Å². The van der Waals surface area contributed by atoms with Gasteiger partial charge in [0.15, 0.2) is 0 Å². The fourth-order valence-corrected chi connectivity index (χ4v) is 3.67. The van der Waals surface area contributed by atoms with Crippen LogP contribution in [-0.4, -0.2) is 67.4 Å². The molecule has 0 bridgehead atoms. The Bertz CT molecular complexity index is 563. The van der Waals surface area contributed by atoms with Crippen molar-refractivity contribution in [1.29, 1.82) is 10.8 Å². The first-order chi connectivity index (χ1) is 13.2. The summed E-state index contributed by atoms with van der Waals surface area (Å²) in [6.07, 6.45) is 2.79. The van der Waals surface area contributed by atoms with E-state index in [1.54, 1.807) is 14.0 Å². The first-order valence-corrected chi connectivity index (χ1v) is 10.4. The summed E-state index contributed by atoms with van der Waals surface area (Å²) in [6, 6.07) is 0.247. The molecule has 0 aromatic heterocycles. The minimum absolute atomic E-state index is 0.0358. The lowest BCUT2D eigenvalue weighted by molar-refractivity contribution is -0.124. The van der Waals surface area contributed by atoms with Crippen molar-refractivity contribution in [2.45, 2.75) is 64.8 Å². The van der Waals surface area contributed by atoms with Crippen molar-refractivity contribution in [3.63, 3.8) is 0 Å². The maximum atomic E-state index is 12.8. The van der Waals surface area contributed by atoms with E-state index in [0.717, 1.165) is 25.8 Å². The molecule has 0 aromatic carbocycles. The minimum Gasteiger partial charge on any atom is -0.378 e. The molecule has 0 aromatic rings. The second kappa shape index (κ2) is 10.3. The second-order valence-electron chi connectivity index (χ2n) is 8.71. The maximum Gasteiger partial charge on any atom is 0.232 e. The molecule has 1 saturated carbocycles. The lowest BCUT2D eigenvalue weighted by Crippen LogP contribution is -2.57. The van der Waals surface area contributed by atoms with Gasteiger partial charge in [0.05, 0.1) is 12.3 Å². The fourth-order valence-electron chi connectivity index (χ4n) is 3.67. The van der Waals surface area contributed by atoms with Gasteiger partial charge in [-0.3, -0.25) is 10.2 Å². The number of rotatable bonds is 10. The lowest BCUT2D eigenvalue weighted by atomic mass is 9.95. The number of likely N-dealkylation sites (tertiary alicyclic amines) is 1. The van der Waals surface area contributed by atoms with E-state index >= 15 is 0 Å². The Kier molecular flexibility index (Phi) is 8.39. The number of carbonyl (C=O) groups excluding carboxylic acids is 1. The third kappa shape index (κ3) is 6.53. The molecular formula is C20H38N6O2. The molecule has 1 aliphatic heterocycles. The largest absolute Gasteiger partial charge is 0.378 e. The van der Waals surface area contributed by atoms with E-state index in [4.69, 9.17) is 21.3 Å². The highest BCUT2D eigenvalue weighted by Gasteiger charge is 2.36. The molecule has 4 atom stereocenters. The monoisotopic (exact) mass is 394 g/mol. The molecule has 8 nitrogen and oxygen atoms in total. The summed E-state index contributed by atoms with van der Waals surface area (Å²) in [5.74, 6) is 0.245. The number of ether oxygens (including phenoxy) is 1. The molecule has 2 rings (SSSR count). The van der Waals surface area contributed by atoms with Crippen molar-refractivity contribution in [2.24, 2.45) is 23.5 Å². The molecule has 2 aliphatic rings. The van der Waals surface area contributed by atoms with Gasteiger partial charge in [0.2, 0.25) is 5.91 Å². The van der Waals surface area contributed by atoms with Crippen LogP contribution in [0, 0.1) is 28.6 Å². The average Bonchev–Trinajstić information content (AvgIpc) is 3.48. The lowest BCUT2D eigenvalue weighted by Gasteiger charge is -2.41. The van der Waals surface area contributed by atoms with E-state index in [1.807, 2.05) is 4.90 Å². The van der Waals surface area contributed by atoms with Crippen molar-refractivity contribution < 1.29 is 9.53 Å². The van der Waals surface area contributed by atoms with Gasteiger partial charge in [0.25, 0.3) is 0 Å². The van der Waals surface area contributed by atoms with E-state index in [9.17, 15) is 4.79 Å². The Morgan fingerprint density at radius 3 is 2.50 bits per heavy atom. The number of methoxy groups -OCH3 is 1. The standard InChI is InChI=1S/C20H38N6O2/c1-12(2)10-24-16-7-8-26(11-17(16)28-4)19(23)15(9-13(3)21)20(27)25-18(22)14-5-6-14/h12,14-18,21,23-24H,5-11,22H2,1-4H3,(H,25,27). The van der Waals surface area contributed by atoms with Crippen LogP contribution in [0.5, 0.6) is 0 Å². The van der Waals surface area contributed by atoms with E-state index in [0.29, 0.717) is 30.6 Å². The Morgan fingerprint density at radius 2 is 1.96 bits per heavy atom. The number of carbonyl (C=O) groups is 1. The Hall–Kier alpha value is -1.51. The van der Waals surface area contributed by atoms with Gasteiger partial charge in [-0.05, 0) is 44.6 Å². The highest BCUT2D eigenvalue weighted by molar-refractivity contribution is 6.04. The number of hydrogen-bond donors (Lipinski definition) is 5. The van der Waals surface area contributed by atoms with Crippen LogP contribution in [0.1, 0.15) is 46.5 Å². The van der Waals surface area contributed by atoms with Crippen molar-refractivity contribution in [3.8, 4) is 0 Å². The highest BCUT2D eigenvalue weighted by Crippen LogP contribution is 2.30. The van der Waals surface area contributed by atoms with Crippen LogP contribution in [0.2, 0.25) is 0 Å². The molecule has 160 valence electrons. The topological polar surface area (TPSA) is 127 Å². The number of nitrogens with one attached hydrogen (secondary N) is 4. The van der Waals surface area contributed by atoms with Gasteiger partial charge in [0.1, 0.15) is 11.8 Å².